The summed E-state index contributed by atoms with van der Waals surface area (Å²) >= 11 is 0. The quantitative estimate of drug-likeness (QED) is 0.843. The number of hydrogen-bond donors (Lipinski definition) is 1. The topological polar surface area (TPSA) is 39.1 Å². The highest BCUT2D eigenvalue weighted by atomic mass is 16.5. The molecule has 2 aromatic rings. The molecular formula is C16H23N3O. The zero-order valence-electron chi connectivity index (χ0n) is 12.5. The molecule has 108 valence electrons. The number of para-hydroxylation sites is 1. The van der Waals surface area contributed by atoms with Crippen molar-refractivity contribution in [1.29, 1.82) is 0 Å². The summed E-state index contributed by atoms with van der Waals surface area (Å²) in [7, 11) is 1.93. The summed E-state index contributed by atoms with van der Waals surface area (Å²) in [4.78, 5) is 0. The number of nitrogens with one attached hydrogen (secondary N) is 1. The van der Waals surface area contributed by atoms with Crippen LogP contribution in [0.15, 0.2) is 36.7 Å². The second-order valence-corrected chi connectivity index (χ2v) is 4.94. The molecule has 0 saturated heterocycles. The second-order valence-electron chi connectivity index (χ2n) is 4.94. The van der Waals surface area contributed by atoms with E-state index in [2.05, 4.69) is 36.4 Å². The molecule has 2 rings (SSSR count). The molecule has 20 heavy (non-hydrogen) atoms. The first-order valence-corrected chi connectivity index (χ1v) is 7.13. The van der Waals surface area contributed by atoms with Gasteiger partial charge in [0.25, 0.3) is 0 Å². The first-order valence-electron chi connectivity index (χ1n) is 7.13. The molecule has 1 atom stereocenters. The standard InChI is InChI=1S/C16H23N3O/c1-4-17-13(2)15-7-5-6-8-16(15)20-10-9-14-11-18-19(3)12-14/h5-8,11-13,17H,4,9-10H2,1-3H3. The number of benzene rings is 1. The molecule has 0 spiro atoms. The Bertz CT molecular complexity index is 536. The Kier molecular flexibility index (Phi) is 5.18. The van der Waals surface area contributed by atoms with Gasteiger partial charge in [0.15, 0.2) is 0 Å². The van der Waals surface area contributed by atoms with Gasteiger partial charge in [0.05, 0.1) is 12.8 Å². The molecule has 1 aromatic carbocycles. The van der Waals surface area contributed by atoms with E-state index in [0.29, 0.717) is 12.6 Å². The van der Waals surface area contributed by atoms with Crippen LogP contribution in [0, 0.1) is 0 Å². The minimum atomic E-state index is 0.301. The van der Waals surface area contributed by atoms with Gasteiger partial charge in [-0.2, -0.15) is 5.10 Å². The van der Waals surface area contributed by atoms with Gasteiger partial charge in [0.1, 0.15) is 5.75 Å². The normalized spacial score (nSPS) is 12.3. The van der Waals surface area contributed by atoms with Crippen LogP contribution in [0.2, 0.25) is 0 Å². The molecule has 4 heteroatoms. The van der Waals surface area contributed by atoms with Gasteiger partial charge >= 0.3 is 0 Å². The third-order valence-electron chi connectivity index (χ3n) is 3.30. The van der Waals surface area contributed by atoms with Crippen molar-refractivity contribution in [2.24, 2.45) is 7.05 Å². The minimum Gasteiger partial charge on any atom is -0.493 e. The Labute approximate surface area is 120 Å². The number of hydrogen-bond acceptors (Lipinski definition) is 3. The Balaban J connectivity index is 1.95. The molecule has 1 aromatic heterocycles. The van der Waals surface area contributed by atoms with Crippen molar-refractivity contribution in [2.75, 3.05) is 13.2 Å². The average molecular weight is 273 g/mol. The van der Waals surface area contributed by atoms with Crippen LogP contribution < -0.4 is 10.1 Å². The molecule has 0 aliphatic rings. The first-order chi connectivity index (χ1) is 9.70. The molecule has 1 N–H and O–H groups in total. The number of rotatable bonds is 7. The number of aryl methyl sites for hydroxylation is 1. The molecule has 1 heterocycles. The van der Waals surface area contributed by atoms with Crippen molar-refractivity contribution in [3.05, 3.63) is 47.8 Å². The van der Waals surface area contributed by atoms with E-state index in [-0.39, 0.29) is 0 Å². The summed E-state index contributed by atoms with van der Waals surface area (Å²) in [6.07, 6.45) is 4.78. The Morgan fingerprint density at radius 3 is 2.85 bits per heavy atom. The zero-order chi connectivity index (χ0) is 14.4. The van der Waals surface area contributed by atoms with Gasteiger partial charge in [-0.15, -0.1) is 0 Å². The zero-order valence-corrected chi connectivity index (χ0v) is 12.5. The lowest BCUT2D eigenvalue weighted by Crippen LogP contribution is -2.18. The van der Waals surface area contributed by atoms with E-state index >= 15 is 0 Å². The Morgan fingerprint density at radius 1 is 1.35 bits per heavy atom. The van der Waals surface area contributed by atoms with Gasteiger partial charge < -0.3 is 10.1 Å². The van der Waals surface area contributed by atoms with E-state index in [9.17, 15) is 0 Å². The predicted molar refractivity (Wildman–Crippen MR) is 80.9 cm³/mol. The smallest absolute Gasteiger partial charge is 0.124 e. The van der Waals surface area contributed by atoms with Gasteiger partial charge in [0.2, 0.25) is 0 Å². The Morgan fingerprint density at radius 2 is 2.15 bits per heavy atom. The minimum absolute atomic E-state index is 0.301. The van der Waals surface area contributed by atoms with Gasteiger partial charge in [-0.25, -0.2) is 0 Å². The molecular weight excluding hydrogens is 250 g/mol. The molecule has 4 nitrogen and oxygen atoms in total. The largest absolute Gasteiger partial charge is 0.493 e. The van der Waals surface area contributed by atoms with Crippen LogP contribution in [0.1, 0.15) is 31.0 Å². The van der Waals surface area contributed by atoms with Crippen LogP contribution in [0.4, 0.5) is 0 Å². The van der Waals surface area contributed by atoms with Crippen molar-refractivity contribution in [3.63, 3.8) is 0 Å². The fourth-order valence-electron chi connectivity index (χ4n) is 2.27. The van der Waals surface area contributed by atoms with Crippen LogP contribution in [-0.2, 0) is 13.5 Å². The highest BCUT2D eigenvalue weighted by molar-refractivity contribution is 5.35. The van der Waals surface area contributed by atoms with Crippen LogP contribution in [0.5, 0.6) is 5.75 Å². The summed E-state index contributed by atoms with van der Waals surface area (Å²) < 4.78 is 7.76. The van der Waals surface area contributed by atoms with E-state index in [1.807, 2.05) is 36.3 Å². The summed E-state index contributed by atoms with van der Waals surface area (Å²) in [5.74, 6) is 0.963. The fraction of sp³-hybridized carbons (Fsp3) is 0.438. The fourth-order valence-corrected chi connectivity index (χ4v) is 2.27. The number of nitrogens with zero attached hydrogens (tertiary/aromatic N) is 2. The van der Waals surface area contributed by atoms with Crippen molar-refractivity contribution in [2.45, 2.75) is 26.3 Å². The third kappa shape index (κ3) is 3.84. The van der Waals surface area contributed by atoms with Crippen molar-refractivity contribution >= 4 is 0 Å². The van der Waals surface area contributed by atoms with Gasteiger partial charge in [0, 0.05) is 31.3 Å². The average Bonchev–Trinajstić information content (AvgIpc) is 2.85. The maximum atomic E-state index is 5.94. The maximum absolute atomic E-state index is 5.94. The SMILES string of the molecule is CCNC(C)c1ccccc1OCCc1cnn(C)c1. The van der Waals surface area contributed by atoms with Gasteiger partial charge in [-0.1, -0.05) is 25.1 Å². The second kappa shape index (κ2) is 7.10. The monoisotopic (exact) mass is 273 g/mol. The van der Waals surface area contributed by atoms with Crippen LogP contribution >= 0.6 is 0 Å². The number of aromatic nitrogens is 2. The van der Waals surface area contributed by atoms with E-state index in [1.165, 1.54) is 11.1 Å². The van der Waals surface area contributed by atoms with E-state index in [1.54, 1.807) is 0 Å². The molecule has 0 aliphatic heterocycles. The van der Waals surface area contributed by atoms with E-state index in [4.69, 9.17) is 4.74 Å². The van der Waals surface area contributed by atoms with Crippen LogP contribution in [0.3, 0.4) is 0 Å². The summed E-state index contributed by atoms with van der Waals surface area (Å²) in [6.45, 7) is 5.89. The molecule has 0 radical (unpaired) electrons. The lowest BCUT2D eigenvalue weighted by Gasteiger charge is -2.17. The summed E-state index contributed by atoms with van der Waals surface area (Å²) in [5.41, 5.74) is 2.41. The van der Waals surface area contributed by atoms with Crippen molar-refractivity contribution < 1.29 is 4.74 Å². The predicted octanol–water partition coefficient (Wildman–Crippen LogP) is 2.71. The molecule has 0 amide bonds. The highest BCUT2D eigenvalue weighted by Crippen LogP contribution is 2.24. The lowest BCUT2D eigenvalue weighted by molar-refractivity contribution is 0.315. The van der Waals surface area contributed by atoms with Crippen molar-refractivity contribution in [1.82, 2.24) is 15.1 Å². The summed E-state index contributed by atoms with van der Waals surface area (Å²) in [5, 5.41) is 7.58. The summed E-state index contributed by atoms with van der Waals surface area (Å²) in [6, 6.07) is 8.52. The molecule has 1 unspecified atom stereocenters. The number of ether oxygens (including phenoxy) is 1. The van der Waals surface area contributed by atoms with E-state index < -0.39 is 0 Å². The lowest BCUT2D eigenvalue weighted by atomic mass is 10.1. The Hall–Kier alpha value is -1.81. The molecule has 0 fully saturated rings. The van der Waals surface area contributed by atoms with Crippen LogP contribution in [-0.4, -0.2) is 22.9 Å². The van der Waals surface area contributed by atoms with Crippen LogP contribution in [0.25, 0.3) is 0 Å². The van der Waals surface area contributed by atoms with Gasteiger partial charge in [-0.05, 0) is 25.1 Å². The molecule has 0 bridgehead atoms. The molecule has 0 aliphatic carbocycles. The molecule has 0 saturated carbocycles. The maximum Gasteiger partial charge on any atom is 0.124 e. The third-order valence-corrected chi connectivity index (χ3v) is 3.30. The van der Waals surface area contributed by atoms with Crippen molar-refractivity contribution in [3.8, 4) is 5.75 Å². The first kappa shape index (κ1) is 14.6. The van der Waals surface area contributed by atoms with Gasteiger partial charge in [-0.3, -0.25) is 4.68 Å². The highest BCUT2D eigenvalue weighted by Gasteiger charge is 2.10. The van der Waals surface area contributed by atoms with E-state index in [0.717, 1.165) is 18.7 Å².